The molecule has 0 amide bonds. The van der Waals surface area contributed by atoms with E-state index in [0.717, 1.165) is 29.2 Å². The van der Waals surface area contributed by atoms with Crippen LogP contribution in [0.4, 0.5) is 5.69 Å². The largest absolute Gasteiger partial charge is 0.497 e. The normalized spacial score (nSPS) is 11.3. The van der Waals surface area contributed by atoms with Gasteiger partial charge in [-0.05, 0) is 48.5 Å². The van der Waals surface area contributed by atoms with Crippen LogP contribution < -0.4 is 20.1 Å². The molecule has 0 saturated heterocycles. The van der Waals surface area contributed by atoms with Gasteiger partial charge >= 0.3 is 0 Å². The van der Waals surface area contributed by atoms with Gasteiger partial charge in [0.15, 0.2) is 5.11 Å². The zero-order chi connectivity index (χ0) is 18.1. The Morgan fingerprint density at radius 1 is 1.20 bits per heavy atom. The molecule has 132 valence electrons. The number of thiocarbonyl (C=S) groups is 1. The number of anilines is 1. The molecular formula is C20H24N2O2S. The highest BCUT2D eigenvalue weighted by Crippen LogP contribution is 2.21. The maximum atomic E-state index is 5.54. The molecule has 0 spiro atoms. The summed E-state index contributed by atoms with van der Waals surface area (Å²) in [5, 5.41) is 7.13. The molecule has 2 aromatic rings. The monoisotopic (exact) mass is 356 g/mol. The molecule has 0 fully saturated rings. The van der Waals surface area contributed by atoms with E-state index in [1.54, 1.807) is 13.2 Å². The molecule has 0 aliphatic carbocycles. The Hall–Kier alpha value is -2.53. The van der Waals surface area contributed by atoms with Crippen LogP contribution in [0.15, 0.2) is 61.2 Å². The number of methoxy groups -OCH3 is 1. The van der Waals surface area contributed by atoms with E-state index in [-0.39, 0.29) is 6.04 Å². The molecule has 0 heterocycles. The summed E-state index contributed by atoms with van der Waals surface area (Å²) >= 11 is 5.45. The quantitative estimate of drug-likeness (QED) is 0.530. The molecule has 25 heavy (non-hydrogen) atoms. The average Bonchev–Trinajstić information content (AvgIpc) is 2.65. The highest BCUT2D eigenvalue weighted by molar-refractivity contribution is 7.80. The number of rotatable bonds is 8. The van der Waals surface area contributed by atoms with Crippen LogP contribution in [0.1, 0.15) is 24.9 Å². The Morgan fingerprint density at radius 3 is 2.60 bits per heavy atom. The number of hydrogen-bond donors (Lipinski definition) is 2. The minimum absolute atomic E-state index is 0.131. The molecule has 0 bridgehead atoms. The van der Waals surface area contributed by atoms with Gasteiger partial charge in [0.05, 0.1) is 13.2 Å². The lowest BCUT2D eigenvalue weighted by molar-refractivity contribution is 0.363. The van der Waals surface area contributed by atoms with Crippen molar-refractivity contribution in [2.24, 2.45) is 0 Å². The Balaban J connectivity index is 1.98. The molecule has 0 radical (unpaired) electrons. The summed E-state index contributed by atoms with van der Waals surface area (Å²) < 4.78 is 10.7. The van der Waals surface area contributed by atoms with Crippen molar-refractivity contribution in [1.82, 2.24) is 5.32 Å². The van der Waals surface area contributed by atoms with E-state index in [0.29, 0.717) is 11.7 Å². The fourth-order valence-electron chi connectivity index (χ4n) is 2.40. The second kappa shape index (κ2) is 9.69. The van der Waals surface area contributed by atoms with Crippen molar-refractivity contribution in [1.29, 1.82) is 0 Å². The minimum atomic E-state index is 0.131. The molecule has 0 aliphatic rings. The first-order valence-corrected chi connectivity index (χ1v) is 8.62. The number of ether oxygens (including phenoxy) is 2. The lowest BCUT2D eigenvalue weighted by atomic mass is 10.0. The van der Waals surface area contributed by atoms with Gasteiger partial charge in [0.25, 0.3) is 0 Å². The van der Waals surface area contributed by atoms with E-state index < -0.39 is 0 Å². The first-order chi connectivity index (χ1) is 12.2. The number of nitrogens with one attached hydrogen (secondary N) is 2. The van der Waals surface area contributed by atoms with E-state index in [9.17, 15) is 0 Å². The average molecular weight is 356 g/mol. The fraction of sp³-hybridized carbons (Fsp3) is 0.250. The summed E-state index contributed by atoms with van der Waals surface area (Å²) in [5.41, 5.74) is 2.04. The van der Waals surface area contributed by atoms with Crippen LogP contribution in [0.25, 0.3) is 0 Å². The van der Waals surface area contributed by atoms with Gasteiger partial charge in [-0.2, -0.15) is 0 Å². The van der Waals surface area contributed by atoms with E-state index in [4.69, 9.17) is 21.7 Å². The van der Waals surface area contributed by atoms with E-state index in [2.05, 4.69) is 24.1 Å². The first kappa shape index (κ1) is 18.8. The van der Waals surface area contributed by atoms with Crippen molar-refractivity contribution >= 4 is 23.0 Å². The second-order valence-corrected chi connectivity index (χ2v) is 5.87. The highest BCUT2D eigenvalue weighted by Gasteiger charge is 2.11. The molecule has 4 nitrogen and oxygen atoms in total. The predicted octanol–water partition coefficient (Wildman–Crippen LogP) is 4.70. The molecular weight excluding hydrogens is 332 g/mol. The van der Waals surface area contributed by atoms with E-state index in [1.807, 2.05) is 48.5 Å². The van der Waals surface area contributed by atoms with Crippen LogP contribution in [0, 0.1) is 0 Å². The molecule has 2 N–H and O–H groups in total. The predicted molar refractivity (Wildman–Crippen MR) is 108 cm³/mol. The van der Waals surface area contributed by atoms with Crippen molar-refractivity contribution in [3.8, 4) is 11.5 Å². The van der Waals surface area contributed by atoms with Gasteiger partial charge in [-0.15, -0.1) is 0 Å². The molecule has 0 saturated carbocycles. The molecule has 1 atom stereocenters. The Kier molecular flexibility index (Phi) is 7.29. The van der Waals surface area contributed by atoms with Crippen molar-refractivity contribution in [3.63, 3.8) is 0 Å². The molecule has 5 heteroatoms. The maximum absolute atomic E-state index is 5.54. The first-order valence-electron chi connectivity index (χ1n) is 8.21. The van der Waals surface area contributed by atoms with Crippen molar-refractivity contribution < 1.29 is 9.47 Å². The summed E-state index contributed by atoms with van der Waals surface area (Å²) in [6, 6.07) is 15.8. The van der Waals surface area contributed by atoms with Gasteiger partial charge in [0, 0.05) is 11.8 Å². The van der Waals surface area contributed by atoms with Gasteiger partial charge < -0.3 is 20.1 Å². The lowest BCUT2D eigenvalue weighted by Crippen LogP contribution is -2.32. The summed E-state index contributed by atoms with van der Waals surface area (Å²) in [5.74, 6) is 1.62. The van der Waals surface area contributed by atoms with Crippen LogP contribution in [0.5, 0.6) is 11.5 Å². The maximum Gasteiger partial charge on any atom is 0.171 e. The van der Waals surface area contributed by atoms with E-state index >= 15 is 0 Å². The van der Waals surface area contributed by atoms with Crippen molar-refractivity contribution in [3.05, 3.63) is 66.7 Å². The topological polar surface area (TPSA) is 42.5 Å². The molecule has 2 rings (SSSR count). The second-order valence-electron chi connectivity index (χ2n) is 5.46. The molecule has 0 aromatic heterocycles. The van der Waals surface area contributed by atoms with Crippen molar-refractivity contribution in [2.75, 3.05) is 19.0 Å². The zero-order valence-electron chi connectivity index (χ0n) is 14.6. The molecule has 0 aliphatic heterocycles. The zero-order valence-corrected chi connectivity index (χ0v) is 15.4. The number of benzene rings is 2. The minimum Gasteiger partial charge on any atom is -0.497 e. The summed E-state index contributed by atoms with van der Waals surface area (Å²) in [7, 11) is 1.66. The van der Waals surface area contributed by atoms with E-state index in [1.165, 1.54) is 0 Å². The van der Waals surface area contributed by atoms with Gasteiger partial charge in [-0.1, -0.05) is 37.8 Å². The van der Waals surface area contributed by atoms with Crippen molar-refractivity contribution in [2.45, 2.75) is 19.4 Å². The van der Waals surface area contributed by atoms with Crippen LogP contribution in [-0.4, -0.2) is 18.8 Å². The smallest absolute Gasteiger partial charge is 0.171 e. The Morgan fingerprint density at radius 2 is 1.96 bits per heavy atom. The fourth-order valence-corrected chi connectivity index (χ4v) is 2.66. The highest BCUT2D eigenvalue weighted by atomic mass is 32.1. The third-order valence-electron chi connectivity index (χ3n) is 3.69. The Labute approximate surface area is 154 Å². The van der Waals surface area contributed by atoms with Crippen LogP contribution in [0.2, 0.25) is 0 Å². The standard InChI is InChI=1S/C20H24N2O2S/c1-4-13-24-18-8-6-7-16(14-18)21-20(25)22-19(5-2)15-9-11-17(23-3)12-10-15/h4,6-12,14,19H,1,5,13H2,2-3H3,(H2,21,22,25)/t19-/m1/s1. The van der Waals surface area contributed by atoms with Gasteiger partial charge in [-0.25, -0.2) is 0 Å². The van der Waals surface area contributed by atoms with Gasteiger partial charge in [-0.3, -0.25) is 0 Å². The third kappa shape index (κ3) is 5.80. The summed E-state index contributed by atoms with van der Waals surface area (Å²) in [6.07, 6.45) is 2.63. The Bertz CT molecular complexity index is 701. The van der Waals surface area contributed by atoms with Gasteiger partial charge in [0.1, 0.15) is 18.1 Å². The summed E-state index contributed by atoms with van der Waals surface area (Å²) in [4.78, 5) is 0. The molecule has 0 unspecified atom stereocenters. The van der Waals surface area contributed by atoms with Crippen LogP contribution in [0.3, 0.4) is 0 Å². The third-order valence-corrected chi connectivity index (χ3v) is 3.91. The SMILES string of the molecule is C=CCOc1cccc(NC(=S)N[C@H](CC)c2ccc(OC)cc2)c1. The van der Waals surface area contributed by atoms with Gasteiger partial charge in [0.2, 0.25) is 0 Å². The number of hydrogen-bond acceptors (Lipinski definition) is 3. The summed E-state index contributed by atoms with van der Waals surface area (Å²) in [6.45, 7) is 6.24. The van der Waals surface area contributed by atoms with Crippen LogP contribution >= 0.6 is 12.2 Å². The molecule has 2 aromatic carbocycles. The van der Waals surface area contributed by atoms with Crippen LogP contribution in [-0.2, 0) is 0 Å². The lowest BCUT2D eigenvalue weighted by Gasteiger charge is -2.20.